The van der Waals surface area contributed by atoms with Gasteiger partial charge in [-0.05, 0) is 19.1 Å². The summed E-state index contributed by atoms with van der Waals surface area (Å²) in [5.74, 6) is 0. The smallest absolute Gasteiger partial charge is 0.239 e. The van der Waals surface area contributed by atoms with E-state index in [9.17, 15) is 16.8 Å². The van der Waals surface area contributed by atoms with Crippen molar-refractivity contribution in [2.45, 2.75) is 16.2 Å². The number of aromatic nitrogens is 2. The number of hydrogen-bond donors (Lipinski definition) is 1. The van der Waals surface area contributed by atoms with E-state index >= 15 is 0 Å². The molecule has 0 aliphatic rings. The summed E-state index contributed by atoms with van der Waals surface area (Å²) < 4.78 is 50.9. The second-order valence-electron chi connectivity index (χ2n) is 4.20. The van der Waals surface area contributed by atoms with Crippen molar-refractivity contribution in [3.8, 4) is 0 Å². The standard InChI is InChI=1S/C10H12N4O4S3/c1-7-3-5-8(6-4-7)21(17,18)13-9-14(2)12-10(19-9)20(11,15)16/h3-6H,1-2H3,(H2,11,15,16)/b13-9+. The topological polar surface area (TPSA) is 124 Å². The molecule has 0 amide bonds. The van der Waals surface area contributed by atoms with E-state index in [1.54, 1.807) is 12.1 Å². The third-order valence-corrected chi connectivity index (χ3v) is 6.15. The average Bonchev–Trinajstić information content (AvgIpc) is 2.71. The van der Waals surface area contributed by atoms with Gasteiger partial charge in [-0.1, -0.05) is 29.0 Å². The molecule has 0 saturated heterocycles. The van der Waals surface area contributed by atoms with Crippen LogP contribution in [0.5, 0.6) is 0 Å². The molecule has 11 heteroatoms. The molecular formula is C10H12N4O4S3. The van der Waals surface area contributed by atoms with Crippen LogP contribution in [0.15, 0.2) is 37.9 Å². The number of primary sulfonamides is 1. The summed E-state index contributed by atoms with van der Waals surface area (Å²) in [4.78, 5) is -0.0711. The van der Waals surface area contributed by atoms with Gasteiger partial charge >= 0.3 is 0 Å². The van der Waals surface area contributed by atoms with Crippen molar-refractivity contribution in [1.82, 2.24) is 9.78 Å². The summed E-state index contributed by atoms with van der Waals surface area (Å²) >= 11 is 0.584. The fraction of sp³-hybridized carbons (Fsp3) is 0.200. The first kappa shape index (κ1) is 15.8. The highest BCUT2D eigenvalue weighted by molar-refractivity contribution is 7.91. The molecule has 21 heavy (non-hydrogen) atoms. The number of nitrogens with two attached hydrogens (primary N) is 1. The van der Waals surface area contributed by atoms with E-state index in [2.05, 4.69) is 9.50 Å². The number of rotatable bonds is 3. The number of nitrogens with zero attached hydrogens (tertiary/aromatic N) is 3. The van der Waals surface area contributed by atoms with E-state index in [-0.39, 0.29) is 9.70 Å². The van der Waals surface area contributed by atoms with Crippen LogP contribution >= 0.6 is 11.3 Å². The Morgan fingerprint density at radius 2 is 1.76 bits per heavy atom. The van der Waals surface area contributed by atoms with Crippen molar-refractivity contribution in [3.05, 3.63) is 34.6 Å². The molecule has 0 saturated carbocycles. The Morgan fingerprint density at radius 1 is 1.19 bits per heavy atom. The Kier molecular flexibility index (Phi) is 4.02. The lowest BCUT2D eigenvalue weighted by molar-refractivity contribution is 0.589. The largest absolute Gasteiger partial charge is 0.285 e. The van der Waals surface area contributed by atoms with Gasteiger partial charge in [-0.3, -0.25) is 0 Å². The summed E-state index contributed by atoms with van der Waals surface area (Å²) in [5, 5.41) is 8.58. The van der Waals surface area contributed by atoms with Gasteiger partial charge in [-0.2, -0.15) is 8.42 Å². The predicted octanol–water partition coefficient (Wildman–Crippen LogP) is -0.273. The van der Waals surface area contributed by atoms with Gasteiger partial charge in [-0.25, -0.2) is 18.2 Å². The maximum Gasteiger partial charge on any atom is 0.285 e. The number of aryl methyl sites for hydroxylation is 2. The molecule has 0 atom stereocenters. The number of benzene rings is 1. The van der Waals surface area contributed by atoms with Gasteiger partial charge in [0.2, 0.25) is 9.14 Å². The Bertz CT molecular complexity index is 937. The lowest BCUT2D eigenvalue weighted by Crippen LogP contribution is -2.15. The van der Waals surface area contributed by atoms with Crippen molar-refractivity contribution in [2.75, 3.05) is 0 Å². The minimum atomic E-state index is -4.00. The van der Waals surface area contributed by atoms with Crippen molar-refractivity contribution < 1.29 is 16.8 Å². The monoisotopic (exact) mass is 348 g/mol. The zero-order valence-corrected chi connectivity index (χ0v) is 13.5. The maximum atomic E-state index is 12.1. The fourth-order valence-corrected chi connectivity index (χ4v) is 4.16. The van der Waals surface area contributed by atoms with Crippen LogP contribution in [-0.2, 0) is 27.1 Å². The molecule has 0 bridgehead atoms. The van der Waals surface area contributed by atoms with Crippen LogP contribution < -0.4 is 9.94 Å². The first-order valence-corrected chi connectivity index (χ1v) is 9.34. The highest BCUT2D eigenvalue weighted by Gasteiger charge is 2.17. The highest BCUT2D eigenvalue weighted by Crippen LogP contribution is 2.13. The summed E-state index contributed by atoms with van der Waals surface area (Å²) in [7, 11) is -6.56. The first-order chi connectivity index (χ1) is 9.59. The minimum absolute atomic E-state index is 0.0126. The van der Waals surface area contributed by atoms with E-state index in [0.717, 1.165) is 10.2 Å². The molecule has 1 aromatic heterocycles. The first-order valence-electron chi connectivity index (χ1n) is 5.54. The Morgan fingerprint density at radius 3 is 2.24 bits per heavy atom. The molecule has 114 valence electrons. The van der Waals surface area contributed by atoms with Gasteiger partial charge in [0.15, 0.2) is 0 Å². The van der Waals surface area contributed by atoms with Gasteiger partial charge in [0.1, 0.15) is 0 Å². The van der Waals surface area contributed by atoms with Crippen LogP contribution in [-0.4, -0.2) is 26.6 Å². The summed E-state index contributed by atoms with van der Waals surface area (Å²) in [6.45, 7) is 1.83. The van der Waals surface area contributed by atoms with E-state index in [0.29, 0.717) is 11.3 Å². The molecule has 1 heterocycles. The minimum Gasteiger partial charge on any atom is -0.239 e. The van der Waals surface area contributed by atoms with E-state index in [1.807, 2.05) is 6.92 Å². The van der Waals surface area contributed by atoms with Crippen LogP contribution in [0.3, 0.4) is 0 Å². The summed E-state index contributed by atoms with van der Waals surface area (Å²) in [6, 6.07) is 6.14. The van der Waals surface area contributed by atoms with Gasteiger partial charge in [-0.15, -0.1) is 9.50 Å². The molecule has 0 spiro atoms. The lowest BCUT2D eigenvalue weighted by atomic mass is 10.2. The van der Waals surface area contributed by atoms with E-state index < -0.39 is 24.4 Å². The van der Waals surface area contributed by atoms with Crippen LogP contribution in [0.25, 0.3) is 0 Å². The SMILES string of the molecule is Cc1ccc(S(=O)(=O)/N=c2/sc(S(N)(=O)=O)nn2C)cc1. The second kappa shape index (κ2) is 5.33. The molecule has 2 N–H and O–H groups in total. The number of hydrogen-bond acceptors (Lipinski definition) is 6. The third kappa shape index (κ3) is 3.56. The fourth-order valence-electron chi connectivity index (χ4n) is 1.39. The molecule has 0 radical (unpaired) electrons. The predicted molar refractivity (Wildman–Crippen MR) is 76.4 cm³/mol. The van der Waals surface area contributed by atoms with Crippen LogP contribution in [0.4, 0.5) is 0 Å². The van der Waals surface area contributed by atoms with Crippen LogP contribution in [0.2, 0.25) is 0 Å². The molecule has 8 nitrogen and oxygen atoms in total. The summed E-state index contributed by atoms with van der Waals surface area (Å²) in [5.41, 5.74) is 0.911. The van der Waals surface area contributed by atoms with Gasteiger partial charge in [0.25, 0.3) is 20.0 Å². The van der Waals surface area contributed by atoms with E-state index in [4.69, 9.17) is 5.14 Å². The van der Waals surface area contributed by atoms with Crippen LogP contribution in [0.1, 0.15) is 5.56 Å². The van der Waals surface area contributed by atoms with Gasteiger partial charge in [0.05, 0.1) is 4.90 Å². The van der Waals surface area contributed by atoms with Crippen molar-refractivity contribution in [3.63, 3.8) is 0 Å². The van der Waals surface area contributed by atoms with E-state index in [1.165, 1.54) is 19.2 Å². The van der Waals surface area contributed by atoms with Crippen molar-refractivity contribution >= 4 is 31.4 Å². The van der Waals surface area contributed by atoms with Gasteiger partial charge in [0, 0.05) is 7.05 Å². The average molecular weight is 348 g/mol. The molecule has 0 unspecified atom stereocenters. The molecule has 2 rings (SSSR count). The quantitative estimate of drug-likeness (QED) is 0.817. The van der Waals surface area contributed by atoms with Gasteiger partial charge < -0.3 is 0 Å². The summed E-state index contributed by atoms with van der Waals surface area (Å²) in [6.07, 6.45) is 0. The molecule has 1 aromatic carbocycles. The Balaban J connectivity index is 2.58. The zero-order chi connectivity index (χ0) is 15.8. The maximum absolute atomic E-state index is 12.1. The molecule has 0 fully saturated rings. The molecule has 2 aromatic rings. The Hall–Kier alpha value is -1.56. The highest BCUT2D eigenvalue weighted by atomic mass is 32.2. The molecule has 0 aliphatic heterocycles. The van der Waals surface area contributed by atoms with Crippen molar-refractivity contribution in [2.24, 2.45) is 16.6 Å². The second-order valence-corrected chi connectivity index (χ2v) is 8.49. The molecule has 0 aliphatic carbocycles. The zero-order valence-electron chi connectivity index (χ0n) is 11.1. The number of sulfonamides is 2. The third-order valence-electron chi connectivity index (χ3n) is 2.45. The lowest BCUT2D eigenvalue weighted by Gasteiger charge is -1.98. The van der Waals surface area contributed by atoms with Crippen LogP contribution in [0, 0.1) is 6.92 Å². The van der Waals surface area contributed by atoms with Crippen molar-refractivity contribution in [1.29, 1.82) is 0 Å². The normalized spacial score (nSPS) is 13.6. The Labute approximate surface area is 125 Å². The molecular weight excluding hydrogens is 336 g/mol.